The van der Waals surface area contributed by atoms with Gasteiger partial charge in [0, 0.05) is 37.3 Å². The minimum Gasteiger partial charge on any atom is -0.314 e. The van der Waals surface area contributed by atoms with E-state index in [0.29, 0.717) is 6.04 Å². The van der Waals surface area contributed by atoms with Crippen LogP contribution in [-0.2, 0) is 0 Å². The number of pyridine rings is 1. The molecule has 0 spiro atoms. The monoisotopic (exact) mass is 287 g/mol. The van der Waals surface area contributed by atoms with Crippen LogP contribution in [0.4, 0.5) is 0 Å². The fraction of sp³-hybridized carbons (Fsp3) is 0.438. The number of hydrogen-bond donors (Lipinski definition) is 1. The fourth-order valence-corrected chi connectivity index (χ4v) is 3.84. The minimum atomic E-state index is 0.303. The van der Waals surface area contributed by atoms with Crippen LogP contribution in [0.1, 0.15) is 27.7 Å². The van der Waals surface area contributed by atoms with Crippen LogP contribution in [0.3, 0.4) is 0 Å². The van der Waals surface area contributed by atoms with Crippen LogP contribution in [0.15, 0.2) is 29.8 Å². The molecule has 1 aliphatic rings. The lowest BCUT2D eigenvalue weighted by Crippen LogP contribution is -2.45. The summed E-state index contributed by atoms with van der Waals surface area (Å²) >= 11 is 1.85. The van der Waals surface area contributed by atoms with Gasteiger partial charge in [-0.1, -0.05) is 6.07 Å². The molecule has 1 saturated heterocycles. The van der Waals surface area contributed by atoms with Gasteiger partial charge in [0.15, 0.2) is 0 Å². The zero-order valence-electron chi connectivity index (χ0n) is 12.1. The molecule has 3 heterocycles. The molecule has 0 bridgehead atoms. The molecule has 0 saturated carbocycles. The highest BCUT2D eigenvalue weighted by atomic mass is 32.1. The third kappa shape index (κ3) is 2.77. The SMILES string of the molecule is Cc1csc(C(c2ncccc2C)N2CCNCC2)c1. The van der Waals surface area contributed by atoms with Crippen LogP contribution in [0.5, 0.6) is 0 Å². The quantitative estimate of drug-likeness (QED) is 0.941. The van der Waals surface area contributed by atoms with Crippen molar-refractivity contribution in [3.05, 3.63) is 51.5 Å². The van der Waals surface area contributed by atoms with Crippen LogP contribution in [0.2, 0.25) is 0 Å². The van der Waals surface area contributed by atoms with Crippen LogP contribution < -0.4 is 5.32 Å². The second-order valence-electron chi connectivity index (χ2n) is 5.42. The largest absolute Gasteiger partial charge is 0.314 e. The van der Waals surface area contributed by atoms with Gasteiger partial charge >= 0.3 is 0 Å². The summed E-state index contributed by atoms with van der Waals surface area (Å²) in [5.41, 5.74) is 3.83. The molecule has 4 heteroatoms. The molecule has 1 aliphatic heterocycles. The maximum Gasteiger partial charge on any atom is 0.0873 e. The van der Waals surface area contributed by atoms with Crippen molar-refractivity contribution in [2.75, 3.05) is 26.2 Å². The molecule has 20 heavy (non-hydrogen) atoms. The Balaban J connectivity index is 2.01. The molecule has 1 unspecified atom stereocenters. The van der Waals surface area contributed by atoms with Crippen molar-refractivity contribution in [2.45, 2.75) is 19.9 Å². The Labute approximate surface area is 124 Å². The Kier molecular flexibility index (Phi) is 4.15. The average molecular weight is 287 g/mol. The number of rotatable bonds is 3. The molecule has 3 nitrogen and oxygen atoms in total. The van der Waals surface area contributed by atoms with Gasteiger partial charge in [0.05, 0.1) is 11.7 Å². The van der Waals surface area contributed by atoms with E-state index in [1.54, 1.807) is 0 Å². The normalized spacial score (nSPS) is 18.1. The number of aromatic nitrogens is 1. The highest BCUT2D eigenvalue weighted by molar-refractivity contribution is 7.10. The van der Waals surface area contributed by atoms with Crippen molar-refractivity contribution in [2.24, 2.45) is 0 Å². The maximum atomic E-state index is 4.68. The van der Waals surface area contributed by atoms with E-state index >= 15 is 0 Å². The van der Waals surface area contributed by atoms with Crippen molar-refractivity contribution in [1.29, 1.82) is 0 Å². The van der Waals surface area contributed by atoms with E-state index in [4.69, 9.17) is 0 Å². The number of nitrogens with zero attached hydrogens (tertiary/aromatic N) is 2. The Hall–Kier alpha value is -1.23. The number of piperazine rings is 1. The van der Waals surface area contributed by atoms with Gasteiger partial charge in [-0.25, -0.2) is 0 Å². The fourth-order valence-electron chi connectivity index (χ4n) is 2.81. The molecule has 0 aliphatic carbocycles. The second-order valence-corrected chi connectivity index (χ2v) is 6.36. The summed E-state index contributed by atoms with van der Waals surface area (Å²) in [7, 11) is 0. The second kappa shape index (κ2) is 6.04. The Bertz CT molecular complexity index is 573. The predicted molar refractivity (Wildman–Crippen MR) is 84.3 cm³/mol. The Morgan fingerprint density at radius 3 is 2.75 bits per heavy atom. The summed E-state index contributed by atoms with van der Waals surface area (Å²) < 4.78 is 0. The summed E-state index contributed by atoms with van der Waals surface area (Å²) in [4.78, 5) is 8.65. The molecule has 2 aromatic rings. The molecule has 1 N–H and O–H groups in total. The molecule has 0 radical (unpaired) electrons. The van der Waals surface area contributed by atoms with E-state index in [-0.39, 0.29) is 0 Å². The van der Waals surface area contributed by atoms with Crippen molar-refractivity contribution in [1.82, 2.24) is 15.2 Å². The number of aryl methyl sites for hydroxylation is 2. The van der Waals surface area contributed by atoms with Gasteiger partial charge in [-0.2, -0.15) is 0 Å². The number of thiophene rings is 1. The van der Waals surface area contributed by atoms with Crippen molar-refractivity contribution < 1.29 is 0 Å². The van der Waals surface area contributed by atoms with Crippen molar-refractivity contribution >= 4 is 11.3 Å². The molecular formula is C16H21N3S. The summed E-state index contributed by atoms with van der Waals surface area (Å²) in [6, 6.07) is 6.80. The van der Waals surface area contributed by atoms with Gasteiger partial charge in [0.1, 0.15) is 0 Å². The van der Waals surface area contributed by atoms with Crippen LogP contribution in [0, 0.1) is 13.8 Å². The van der Waals surface area contributed by atoms with E-state index in [1.807, 2.05) is 23.6 Å². The molecule has 2 aromatic heterocycles. The third-order valence-electron chi connectivity index (χ3n) is 3.85. The summed E-state index contributed by atoms with van der Waals surface area (Å²) in [6.45, 7) is 8.62. The molecular weight excluding hydrogens is 266 g/mol. The first kappa shape index (κ1) is 13.7. The van der Waals surface area contributed by atoms with Crippen LogP contribution in [-0.4, -0.2) is 36.1 Å². The van der Waals surface area contributed by atoms with Crippen molar-refractivity contribution in [3.8, 4) is 0 Å². The first-order valence-electron chi connectivity index (χ1n) is 7.17. The molecule has 3 rings (SSSR count). The smallest absolute Gasteiger partial charge is 0.0873 e. The predicted octanol–water partition coefficient (Wildman–Crippen LogP) is 2.75. The molecule has 1 atom stereocenters. The average Bonchev–Trinajstić information content (AvgIpc) is 2.89. The number of nitrogens with one attached hydrogen (secondary N) is 1. The Morgan fingerprint density at radius 1 is 1.30 bits per heavy atom. The highest BCUT2D eigenvalue weighted by Gasteiger charge is 2.27. The third-order valence-corrected chi connectivity index (χ3v) is 4.95. The van der Waals surface area contributed by atoms with E-state index in [1.165, 1.54) is 21.7 Å². The van der Waals surface area contributed by atoms with Crippen molar-refractivity contribution in [3.63, 3.8) is 0 Å². The lowest BCUT2D eigenvalue weighted by atomic mass is 10.0. The van der Waals surface area contributed by atoms with Gasteiger partial charge in [-0.3, -0.25) is 9.88 Å². The van der Waals surface area contributed by atoms with E-state index in [0.717, 1.165) is 26.2 Å². The lowest BCUT2D eigenvalue weighted by Gasteiger charge is -2.34. The summed E-state index contributed by atoms with van der Waals surface area (Å²) in [5.74, 6) is 0. The van der Waals surface area contributed by atoms with E-state index < -0.39 is 0 Å². The molecule has 0 aromatic carbocycles. The summed E-state index contributed by atoms with van der Waals surface area (Å²) in [5, 5.41) is 5.67. The molecule has 1 fully saturated rings. The van der Waals surface area contributed by atoms with Gasteiger partial charge in [0.25, 0.3) is 0 Å². The van der Waals surface area contributed by atoms with Gasteiger partial charge in [-0.05, 0) is 42.5 Å². The zero-order chi connectivity index (χ0) is 13.9. The highest BCUT2D eigenvalue weighted by Crippen LogP contribution is 2.33. The first-order chi connectivity index (χ1) is 9.75. The van der Waals surface area contributed by atoms with E-state index in [9.17, 15) is 0 Å². The standard InChI is InChI=1S/C16H21N3S/c1-12-10-14(20-11-12)16(19-8-6-17-7-9-19)15-13(2)4-3-5-18-15/h3-5,10-11,16-17H,6-9H2,1-2H3. The molecule has 0 amide bonds. The minimum absolute atomic E-state index is 0.303. The first-order valence-corrected chi connectivity index (χ1v) is 8.05. The number of hydrogen-bond acceptors (Lipinski definition) is 4. The summed E-state index contributed by atoms with van der Waals surface area (Å²) in [6.07, 6.45) is 1.91. The maximum absolute atomic E-state index is 4.68. The van der Waals surface area contributed by atoms with Gasteiger partial charge < -0.3 is 5.32 Å². The topological polar surface area (TPSA) is 28.2 Å². The van der Waals surface area contributed by atoms with Crippen LogP contribution >= 0.6 is 11.3 Å². The van der Waals surface area contributed by atoms with Crippen LogP contribution in [0.25, 0.3) is 0 Å². The van der Waals surface area contributed by atoms with Gasteiger partial charge in [-0.15, -0.1) is 11.3 Å². The zero-order valence-corrected chi connectivity index (χ0v) is 12.9. The van der Waals surface area contributed by atoms with Gasteiger partial charge in [0.2, 0.25) is 0 Å². The van der Waals surface area contributed by atoms with E-state index in [2.05, 4.69) is 46.6 Å². The lowest BCUT2D eigenvalue weighted by molar-refractivity contribution is 0.197. The Morgan fingerprint density at radius 2 is 2.10 bits per heavy atom. The molecule has 106 valence electrons.